The van der Waals surface area contributed by atoms with Crippen molar-refractivity contribution in [1.29, 1.82) is 5.26 Å². The highest BCUT2D eigenvalue weighted by atomic mass is 32.2. The lowest BCUT2D eigenvalue weighted by atomic mass is 9.93. The van der Waals surface area contributed by atoms with E-state index in [1.807, 2.05) is 6.07 Å². The summed E-state index contributed by atoms with van der Waals surface area (Å²) < 4.78 is 29.7. The summed E-state index contributed by atoms with van der Waals surface area (Å²) in [6.07, 6.45) is 1.59. The van der Waals surface area contributed by atoms with Crippen molar-refractivity contribution in [2.45, 2.75) is 26.3 Å². The lowest BCUT2D eigenvalue weighted by Gasteiger charge is -2.31. The zero-order chi connectivity index (χ0) is 23.9. The number of nitriles is 1. The number of furan rings is 1. The Hall–Kier alpha value is -3.77. The molecule has 0 unspecified atom stereocenters. The van der Waals surface area contributed by atoms with Crippen LogP contribution >= 0.6 is 0 Å². The Morgan fingerprint density at radius 3 is 2.42 bits per heavy atom. The number of Topliss-reactive ketones (excluding diaryl/α,β-unsaturated/α-hetero) is 1. The average Bonchev–Trinajstić information content (AvgIpc) is 3.38. The number of ketones is 1. The first-order chi connectivity index (χ1) is 15.6. The minimum absolute atomic E-state index is 0.0491. The molecule has 1 aromatic heterocycles. The Morgan fingerprint density at radius 1 is 1.15 bits per heavy atom. The summed E-state index contributed by atoms with van der Waals surface area (Å²) in [6.45, 7) is 2.99. The highest BCUT2D eigenvalue weighted by molar-refractivity contribution is 7.91. The van der Waals surface area contributed by atoms with Crippen molar-refractivity contribution in [3.05, 3.63) is 64.4 Å². The van der Waals surface area contributed by atoms with E-state index in [-0.39, 0.29) is 40.4 Å². The van der Waals surface area contributed by atoms with Gasteiger partial charge in [-0.15, -0.1) is 0 Å². The molecule has 9 heteroatoms. The van der Waals surface area contributed by atoms with Gasteiger partial charge in [0.25, 0.3) is 11.8 Å². The Morgan fingerprint density at radius 2 is 1.85 bits per heavy atom. The number of hydrogen-bond donors (Lipinski definition) is 0. The second-order valence-electron chi connectivity index (χ2n) is 8.04. The van der Waals surface area contributed by atoms with E-state index in [0.29, 0.717) is 17.1 Å². The van der Waals surface area contributed by atoms with Gasteiger partial charge in [-0.05, 0) is 44.1 Å². The number of rotatable bonds is 4. The summed E-state index contributed by atoms with van der Waals surface area (Å²) in [5.74, 6) is -1.05. The minimum Gasteiger partial charge on any atom is -0.457 e. The summed E-state index contributed by atoms with van der Waals surface area (Å²) >= 11 is 0. The van der Waals surface area contributed by atoms with E-state index in [1.54, 1.807) is 36.4 Å². The molecule has 33 heavy (non-hydrogen) atoms. The highest BCUT2D eigenvalue weighted by Crippen LogP contribution is 2.32. The molecule has 168 valence electrons. The molecular weight excluding hydrogens is 444 g/mol. The summed E-state index contributed by atoms with van der Waals surface area (Å²) in [5.41, 5.74) is 1.43. The smallest absolute Gasteiger partial charge is 0.271 e. The normalized spacial score (nSPS) is 21.5. The van der Waals surface area contributed by atoms with Crippen LogP contribution in [0.5, 0.6) is 0 Å². The maximum atomic E-state index is 13.2. The molecule has 2 aliphatic rings. The van der Waals surface area contributed by atoms with Crippen molar-refractivity contribution in [3.8, 4) is 17.4 Å². The zero-order valence-corrected chi connectivity index (χ0v) is 18.8. The van der Waals surface area contributed by atoms with Gasteiger partial charge in [-0.2, -0.15) is 5.26 Å². The van der Waals surface area contributed by atoms with Gasteiger partial charge in [0, 0.05) is 16.7 Å². The molecule has 2 aliphatic heterocycles. The molecule has 2 amide bonds. The van der Waals surface area contributed by atoms with Gasteiger partial charge in [-0.25, -0.2) is 8.42 Å². The maximum absolute atomic E-state index is 13.2. The second-order valence-corrected chi connectivity index (χ2v) is 10.3. The third-order valence-corrected chi connectivity index (χ3v) is 7.59. The summed E-state index contributed by atoms with van der Waals surface area (Å²) in [4.78, 5) is 38.4. The molecule has 1 saturated heterocycles. The maximum Gasteiger partial charge on any atom is 0.271 e. The monoisotopic (exact) mass is 464 g/mol. The molecule has 0 radical (unpaired) electrons. The molecule has 1 atom stereocenters. The number of benzene rings is 1. The summed E-state index contributed by atoms with van der Waals surface area (Å²) in [5, 5.41) is 9.52. The molecular formula is C24H20N2O6S. The molecule has 8 nitrogen and oxygen atoms in total. The topological polar surface area (TPSA) is 126 Å². The second kappa shape index (κ2) is 8.30. The number of hydrogen-bond acceptors (Lipinski definition) is 7. The molecule has 0 spiro atoms. The van der Waals surface area contributed by atoms with Crippen molar-refractivity contribution < 1.29 is 27.2 Å². The number of amides is 2. The van der Waals surface area contributed by atoms with Gasteiger partial charge >= 0.3 is 0 Å². The van der Waals surface area contributed by atoms with Gasteiger partial charge in [0.15, 0.2) is 15.6 Å². The average molecular weight is 464 g/mol. The molecule has 4 rings (SSSR count). The fourth-order valence-electron chi connectivity index (χ4n) is 4.01. The van der Waals surface area contributed by atoms with Crippen molar-refractivity contribution in [3.63, 3.8) is 0 Å². The Bertz CT molecular complexity index is 1390. The van der Waals surface area contributed by atoms with E-state index in [2.05, 4.69) is 0 Å². The molecule has 3 heterocycles. The van der Waals surface area contributed by atoms with Crippen molar-refractivity contribution >= 4 is 33.5 Å². The first kappa shape index (κ1) is 22.4. The third kappa shape index (κ3) is 4.17. The van der Waals surface area contributed by atoms with Crippen LogP contribution < -0.4 is 0 Å². The molecule has 0 aliphatic carbocycles. The van der Waals surface area contributed by atoms with E-state index >= 15 is 0 Å². The highest BCUT2D eigenvalue weighted by Gasteiger charge is 2.43. The van der Waals surface area contributed by atoms with Crippen LogP contribution in [0.4, 0.5) is 0 Å². The molecule has 1 fully saturated rings. The standard InChI is InChI=1S/C24H20N2O6S/c1-14-20(11-19-7-8-22(32-19)17-5-3-16(4-6-17)15(2)27)23(28)26(24(29)21(14)12-25)18-9-10-33(30,31)13-18/h3-8,11,18H,9-10,13H2,1-2H3/b20-11-/t18-/m0/s1. The van der Waals surface area contributed by atoms with Crippen molar-refractivity contribution in [2.75, 3.05) is 11.5 Å². The SMILES string of the molecule is CC(=O)c1ccc(-c2ccc(/C=C3\C(=O)N([C@H]4CCS(=O)(=O)C4)C(=O)C(C#N)=C3C)o2)cc1. The lowest BCUT2D eigenvalue weighted by molar-refractivity contribution is -0.142. The Labute approximate surface area is 190 Å². The lowest BCUT2D eigenvalue weighted by Crippen LogP contribution is -2.49. The van der Waals surface area contributed by atoms with Crippen LogP contribution in [-0.2, 0) is 19.4 Å². The molecule has 0 saturated carbocycles. The quantitative estimate of drug-likeness (QED) is 0.387. The largest absolute Gasteiger partial charge is 0.457 e. The predicted molar refractivity (Wildman–Crippen MR) is 119 cm³/mol. The predicted octanol–water partition coefficient (Wildman–Crippen LogP) is 2.93. The van der Waals surface area contributed by atoms with Gasteiger partial charge in [-0.3, -0.25) is 19.3 Å². The van der Waals surface area contributed by atoms with Gasteiger partial charge in [0.1, 0.15) is 23.2 Å². The van der Waals surface area contributed by atoms with Crippen LogP contribution in [0.3, 0.4) is 0 Å². The van der Waals surface area contributed by atoms with E-state index in [1.165, 1.54) is 19.9 Å². The van der Waals surface area contributed by atoms with E-state index in [0.717, 1.165) is 10.5 Å². The van der Waals surface area contributed by atoms with E-state index < -0.39 is 27.7 Å². The van der Waals surface area contributed by atoms with Gasteiger partial charge in [0.05, 0.1) is 17.5 Å². The van der Waals surface area contributed by atoms with Crippen LogP contribution in [-0.4, -0.2) is 48.5 Å². The first-order valence-corrected chi connectivity index (χ1v) is 12.1. The van der Waals surface area contributed by atoms with Crippen LogP contribution in [0, 0.1) is 11.3 Å². The van der Waals surface area contributed by atoms with Crippen LogP contribution in [0.2, 0.25) is 0 Å². The van der Waals surface area contributed by atoms with Crippen LogP contribution in [0.15, 0.2) is 57.5 Å². The summed E-state index contributed by atoms with van der Waals surface area (Å²) in [6, 6.07) is 11.3. The molecule has 0 bridgehead atoms. The molecule has 2 aromatic rings. The number of imide groups is 1. The minimum atomic E-state index is -3.35. The number of nitrogens with zero attached hydrogens (tertiary/aromatic N) is 2. The van der Waals surface area contributed by atoms with Crippen LogP contribution in [0.1, 0.15) is 36.4 Å². The van der Waals surface area contributed by atoms with E-state index in [9.17, 15) is 28.1 Å². The van der Waals surface area contributed by atoms with E-state index in [4.69, 9.17) is 4.42 Å². The molecule has 0 N–H and O–H groups in total. The number of carbonyl (C=O) groups excluding carboxylic acids is 3. The fraction of sp³-hybridized carbons (Fsp3) is 0.250. The van der Waals surface area contributed by atoms with Crippen molar-refractivity contribution in [2.24, 2.45) is 0 Å². The third-order valence-electron chi connectivity index (χ3n) is 5.84. The summed E-state index contributed by atoms with van der Waals surface area (Å²) in [7, 11) is -3.35. The molecule has 1 aromatic carbocycles. The van der Waals surface area contributed by atoms with Crippen molar-refractivity contribution in [1.82, 2.24) is 4.90 Å². The van der Waals surface area contributed by atoms with Gasteiger partial charge < -0.3 is 4.42 Å². The van der Waals surface area contributed by atoms with Crippen LogP contribution in [0.25, 0.3) is 17.4 Å². The Balaban J connectivity index is 1.70. The van der Waals surface area contributed by atoms with Gasteiger partial charge in [0.2, 0.25) is 0 Å². The Kier molecular flexibility index (Phi) is 5.64. The first-order valence-electron chi connectivity index (χ1n) is 10.2. The van der Waals surface area contributed by atoms with Gasteiger partial charge in [-0.1, -0.05) is 24.3 Å². The number of carbonyl (C=O) groups is 3. The fourth-order valence-corrected chi connectivity index (χ4v) is 5.71. The zero-order valence-electron chi connectivity index (χ0n) is 18.0. The number of sulfone groups is 1.